The van der Waals surface area contributed by atoms with Gasteiger partial charge in [0.1, 0.15) is 0 Å². The van der Waals surface area contributed by atoms with E-state index in [1.807, 2.05) is 0 Å². The highest BCUT2D eigenvalue weighted by Crippen LogP contribution is 2.23. The summed E-state index contributed by atoms with van der Waals surface area (Å²) >= 11 is 0. The van der Waals surface area contributed by atoms with E-state index in [1.165, 1.54) is 70.6 Å². The van der Waals surface area contributed by atoms with Crippen LogP contribution in [-0.2, 0) is 0 Å². The van der Waals surface area contributed by atoms with Crippen molar-refractivity contribution in [3.05, 3.63) is 6.92 Å². The summed E-state index contributed by atoms with van der Waals surface area (Å²) in [5.41, 5.74) is 0. The number of hydrogen-bond donors (Lipinski definition) is 0. The molecule has 0 nitrogen and oxygen atoms in total. The molecule has 0 saturated heterocycles. The van der Waals surface area contributed by atoms with E-state index in [4.69, 9.17) is 0 Å². The molecule has 0 aliphatic heterocycles. The summed E-state index contributed by atoms with van der Waals surface area (Å²) in [5, 5.41) is 0. The van der Waals surface area contributed by atoms with Crippen LogP contribution in [0.25, 0.3) is 0 Å². The lowest BCUT2D eigenvalue weighted by Crippen LogP contribution is -2.01. The first-order chi connectivity index (χ1) is 7.85. The van der Waals surface area contributed by atoms with Crippen molar-refractivity contribution in [2.24, 2.45) is 5.92 Å². The van der Waals surface area contributed by atoms with Gasteiger partial charge in [-0.15, -0.1) is 0 Å². The van der Waals surface area contributed by atoms with Gasteiger partial charge in [-0.3, -0.25) is 0 Å². The summed E-state index contributed by atoms with van der Waals surface area (Å²) in [7, 11) is 0. The van der Waals surface area contributed by atoms with Crippen LogP contribution >= 0.6 is 0 Å². The lowest BCUT2D eigenvalue weighted by atomic mass is 9.90. The van der Waals surface area contributed by atoms with Crippen molar-refractivity contribution in [3.63, 3.8) is 0 Å². The molecule has 1 unspecified atom stereocenters. The molecule has 0 aromatic carbocycles. The van der Waals surface area contributed by atoms with E-state index in [0.717, 1.165) is 12.3 Å². The van der Waals surface area contributed by atoms with E-state index >= 15 is 0 Å². The van der Waals surface area contributed by atoms with Gasteiger partial charge in [-0.05, 0) is 5.92 Å². The van der Waals surface area contributed by atoms with Gasteiger partial charge in [-0.1, -0.05) is 97.8 Å². The van der Waals surface area contributed by atoms with E-state index in [1.54, 1.807) is 0 Å². The largest absolute Gasteiger partial charge is 0.0654 e. The van der Waals surface area contributed by atoms with Crippen LogP contribution < -0.4 is 0 Å². The molecule has 0 aromatic heterocycles. The monoisotopic (exact) mass is 225 g/mol. The minimum Gasteiger partial charge on any atom is -0.0654 e. The predicted molar refractivity (Wildman–Crippen MR) is 75.6 cm³/mol. The van der Waals surface area contributed by atoms with Crippen molar-refractivity contribution in [2.45, 2.75) is 90.9 Å². The van der Waals surface area contributed by atoms with E-state index in [9.17, 15) is 0 Å². The molecule has 0 fully saturated rings. The molecule has 1 radical (unpaired) electrons. The van der Waals surface area contributed by atoms with Gasteiger partial charge in [0, 0.05) is 0 Å². The zero-order chi connectivity index (χ0) is 12.1. The third-order valence-corrected chi connectivity index (χ3v) is 3.54. The van der Waals surface area contributed by atoms with Crippen molar-refractivity contribution in [1.82, 2.24) is 0 Å². The topological polar surface area (TPSA) is 0 Å². The molecular weight excluding hydrogens is 192 g/mol. The van der Waals surface area contributed by atoms with Crippen LogP contribution in [0, 0.1) is 12.8 Å². The SMILES string of the molecule is [CH2]CCCCCC(CCCC)CCCCC. The Balaban J connectivity index is 3.54. The van der Waals surface area contributed by atoms with Crippen LogP contribution in [0.3, 0.4) is 0 Å². The van der Waals surface area contributed by atoms with Gasteiger partial charge in [-0.2, -0.15) is 0 Å². The Morgan fingerprint density at radius 2 is 1.25 bits per heavy atom. The molecular formula is C16H33. The Morgan fingerprint density at radius 1 is 0.688 bits per heavy atom. The first kappa shape index (κ1) is 16.0. The fourth-order valence-electron chi connectivity index (χ4n) is 2.40. The normalized spacial score (nSPS) is 12.9. The summed E-state index contributed by atoms with van der Waals surface area (Å²) in [5.74, 6) is 1.02. The van der Waals surface area contributed by atoms with Crippen molar-refractivity contribution >= 4 is 0 Å². The maximum atomic E-state index is 3.91. The Hall–Kier alpha value is 0. The maximum Gasteiger partial charge on any atom is -0.0414 e. The number of rotatable bonds is 12. The highest BCUT2D eigenvalue weighted by molar-refractivity contribution is 4.61. The molecule has 0 bridgehead atoms. The zero-order valence-electron chi connectivity index (χ0n) is 11.8. The van der Waals surface area contributed by atoms with Crippen molar-refractivity contribution < 1.29 is 0 Å². The lowest BCUT2D eigenvalue weighted by Gasteiger charge is -2.16. The Kier molecular flexibility index (Phi) is 13.1. The van der Waals surface area contributed by atoms with Gasteiger partial charge in [0.25, 0.3) is 0 Å². The van der Waals surface area contributed by atoms with Crippen LogP contribution in [0.1, 0.15) is 90.9 Å². The highest BCUT2D eigenvalue weighted by Gasteiger charge is 2.07. The van der Waals surface area contributed by atoms with Crippen molar-refractivity contribution in [2.75, 3.05) is 0 Å². The molecule has 0 amide bonds. The van der Waals surface area contributed by atoms with Crippen LogP contribution in [0.5, 0.6) is 0 Å². The Morgan fingerprint density at radius 3 is 1.81 bits per heavy atom. The maximum absolute atomic E-state index is 3.91. The molecule has 1 atom stereocenters. The smallest absolute Gasteiger partial charge is 0.0414 e. The third-order valence-electron chi connectivity index (χ3n) is 3.54. The molecule has 0 rings (SSSR count). The van der Waals surface area contributed by atoms with Gasteiger partial charge in [0.15, 0.2) is 0 Å². The molecule has 0 aromatic rings. The summed E-state index contributed by atoms with van der Waals surface area (Å²) in [6.45, 7) is 8.52. The fourth-order valence-corrected chi connectivity index (χ4v) is 2.40. The number of unbranched alkanes of at least 4 members (excludes halogenated alkanes) is 6. The second-order valence-electron chi connectivity index (χ2n) is 5.21. The van der Waals surface area contributed by atoms with Crippen LogP contribution in [-0.4, -0.2) is 0 Å². The van der Waals surface area contributed by atoms with E-state index < -0.39 is 0 Å². The second kappa shape index (κ2) is 13.1. The highest BCUT2D eigenvalue weighted by atomic mass is 14.1. The molecule has 16 heavy (non-hydrogen) atoms. The summed E-state index contributed by atoms with van der Waals surface area (Å²) < 4.78 is 0. The first-order valence-corrected chi connectivity index (χ1v) is 7.64. The zero-order valence-corrected chi connectivity index (χ0v) is 11.8. The minimum atomic E-state index is 1.02. The van der Waals surface area contributed by atoms with Gasteiger partial charge in [0.05, 0.1) is 0 Å². The molecule has 0 heterocycles. The predicted octanol–water partition coefficient (Wildman–Crippen LogP) is 6.16. The van der Waals surface area contributed by atoms with E-state index in [2.05, 4.69) is 20.8 Å². The van der Waals surface area contributed by atoms with Gasteiger partial charge < -0.3 is 0 Å². The van der Waals surface area contributed by atoms with Gasteiger partial charge in [0.2, 0.25) is 0 Å². The van der Waals surface area contributed by atoms with Gasteiger partial charge >= 0.3 is 0 Å². The molecule has 0 N–H and O–H groups in total. The lowest BCUT2D eigenvalue weighted by molar-refractivity contribution is 0.375. The van der Waals surface area contributed by atoms with Crippen LogP contribution in [0.2, 0.25) is 0 Å². The standard InChI is InChI=1S/C16H33/c1-4-7-10-12-15-16(13-9-6-3)14-11-8-5-2/h16H,1,4-15H2,2-3H3. The quantitative estimate of drug-likeness (QED) is 0.349. The van der Waals surface area contributed by atoms with Crippen molar-refractivity contribution in [3.8, 4) is 0 Å². The van der Waals surface area contributed by atoms with Gasteiger partial charge in [-0.25, -0.2) is 0 Å². The molecule has 0 aliphatic carbocycles. The first-order valence-electron chi connectivity index (χ1n) is 7.64. The molecule has 0 saturated carbocycles. The second-order valence-corrected chi connectivity index (χ2v) is 5.21. The van der Waals surface area contributed by atoms with Crippen LogP contribution in [0.4, 0.5) is 0 Å². The van der Waals surface area contributed by atoms with E-state index in [-0.39, 0.29) is 0 Å². The van der Waals surface area contributed by atoms with Crippen molar-refractivity contribution in [1.29, 1.82) is 0 Å². The molecule has 0 spiro atoms. The number of hydrogen-bond acceptors (Lipinski definition) is 0. The third kappa shape index (κ3) is 10.5. The van der Waals surface area contributed by atoms with E-state index in [0.29, 0.717) is 0 Å². The summed E-state index contributed by atoms with van der Waals surface area (Å²) in [6, 6.07) is 0. The summed E-state index contributed by atoms with van der Waals surface area (Å²) in [6.07, 6.45) is 16.8. The van der Waals surface area contributed by atoms with Crippen LogP contribution in [0.15, 0.2) is 0 Å². The molecule has 97 valence electrons. The average molecular weight is 225 g/mol. The average Bonchev–Trinajstić information content (AvgIpc) is 2.31. The molecule has 0 aliphatic rings. The Labute approximate surface area is 104 Å². The molecule has 0 heteroatoms. The minimum absolute atomic E-state index is 1.02. The Bertz CT molecular complexity index is 117. The summed E-state index contributed by atoms with van der Waals surface area (Å²) in [4.78, 5) is 0. The fraction of sp³-hybridized carbons (Fsp3) is 0.938.